The number of piperidine rings is 2. The van der Waals surface area contributed by atoms with E-state index in [1.807, 2.05) is 6.07 Å². The lowest BCUT2D eigenvalue weighted by atomic mass is 9.74. The lowest BCUT2D eigenvalue weighted by molar-refractivity contribution is -0.0358. The van der Waals surface area contributed by atoms with E-state index in [-0.39, 0.29) is 0 Å². The number of fused-ring (bicyclic) bond motifs is 2. The molecular formula is C20H23NO. The molecule has 2 aliphatic heterocycles. The fourth-order valence-electron chi connectivity index (χ4n) is 4.17. The van der Waals surface area contributed by atoms with Crippen LogP contribution in [0.25, 0.3) is 11.1 Å². The van der Waals surface area contributed by atoms with E-state index < -0.39 is 5.60 Å². The molecule has 2 heteroatoms. The first kappa shape index (κ1) is 14.0. The lowest BCUT2D eigenvalue weighted by Crippen LogP contribution is -2.54. The number of rotatable bonds is 2. The monoisotopic (exact) mass is 293 g/mol. The quantitative estimate of drug-likeness (QED) is 0.881. The summed E-state index contributed by atoms with van der Waals surface area (Å²) in [5.74, 6) is 0. The van der Waals surface area contributed by atoms with Gasteiger partial charge in [0.1, 0.15) is 0 Å². The molecule has 2 bridgehead atoms. The molecule has 2 atom stereocenters. The van der Waals surface area contributed by atoms with Gasteiger partial charge < -0.3 is 10.4 Å². The van der Waals surface area contributed by atoms with Gasteiger partial charge in [-0.3, -0.25) is 0 Å². The molecule has 2 nitrogen and oxygen atoms in total. The van der Waals surface area contributed by atoms with Gasteiger partial charge in [-0.05, 0) is 42.4 Å². The molecule has 114 valence electrons. The van der Waals surface area contributed by atoms with Gasteiger partial charge >= 0.3 is 0 Å². The van der Waals surface area contributed by atoms with Crippen LogP contribution >= 0.6 is 0 Å². The standard InChI is InChI=1S/C20H23NO/c22-20(13-18-7-4-8-19(14-20)21-18)17-11-9-16(10-12-17)15-5-2-1-3-6-15/h1-3,5-6,9-12,18-19,21-22H,4,7-8,13-14H2. The number of hydrogen-bond donors (Lipinski definition) is 2. The van der Waals surface area contributed by atoms with Gasteiger partial charge in [-0.25, -0.2) is 0 Å². The Bertz CT molecular complexity index is 623. The second kappa shape index (κ2) is 5.53. The molecule has 2 heterocycles. The summed E-state index contributed by atoms with van der Waals surface area (Å²) in [4.78, 5) is 0. The van der Waals surface area contributed by atoms with E-state index in [4.69, 9.17) is 0 Å². The molecule has 2 N–H and O–H groups in total. The van der Waals surface area contributed by atoms with Gasteiger partial charge in [-0.1, -0.05) is 61.0 Å². The summed E-state index contributed by atoms with van der Waals surface area (Å²) in [6.07, 6.45) is 5.37. The van der Waals surface area contributed by atoms with Crippen LogP contribution in [0.1, 0.15) is 37.7 Å². The van der Waals surface area contributed by atoms with Crippen molar-refractivity contribution in [3.63, 3.8) is 0 Å². The van der Waals surface area contributed by atoms with Gasteiger partial charge in [-0.2, -0.15) is 0 Å². The van der Waals surface area contributed by atoms with E-state index in [0.29, 0.717) is 12.1 Å². The van der Waals surface area contributed by atoms with Gasteiger partial charge in [0.25, 0.3) is 0 Å². The van der Waals surface area contributed by atoms with Crippen LogP contribution < -0.4 is 5.32 Å². The summed E-state index contributed by atoms with van der Waals surface area (Å²) in [5.41, 5.74) is 2.85. The highest BCUT2D eigenvalue weighted by Gasteiger charge is 2.41. The fraction of sp³-hybridized carbons (Fsp3) is 0.400. The minimum Gasteiger partial charge on any atom is -0.385 e. The van der Waals surface area contributed by atoms with E-state index in [9.17, 15) is 5.11 Å². The highest BCUT2D eigenvalue weighted by atomic mass is 16.3. The van der Waals surface area contributed by atoms with Crippen LogP contribution in [-0.4, -0.2) is 17.2 Å². The summed E-state index contributed by atoms with van der Waals surface area (Å²) >= 11 is 0. The predicted octanol–water partition coefficient (Wildman–Crippen LogP) is 3.85. The Labute approximate surface area is 132 Å². The number of nitrogens with one attached hydrogen (secondary N) is 1. The molecule has 0 aliphatic carbocycles. The summed E-state index contributed by atoms with van der Waals surface area (Å²) in [5, 5.41) is 14.8. The molecule has 2 aliphatic rings. The van der Waals surface area contributed by atoms with Crippen LogP contribution in [0.3, 0.4) is 0 Å². The molecule has 2 aromatic carbocycles. The highest BCUT2D eigenvalue weighted by molar-refractivity contribution is 5.63. The maximum atomic E-state index is 11.2. The largest absolute Gasteiger partial charge is 0.385 e. The molecule has 4 rings (SSSR count). The number of aliphatic hydroxyl groups is 1. The summed E-state index contributed by atoms with van der Waals surface area (Å²) in [7, 11) is 0. The van der Waals surface area contributed by atoms with Crippen LogP contribution in [0.2, 0.25) is 0 Å². The van der Waals surface area contributed by atoms with Crippen LogP contribution in [0.4, 0.5) is 0 Å². The molecule has 0 radical (unpaired) electrons. The third kappa shape index (κ3) is 2.57. The Morgan fingerprint density at radius 3 is 2.05 bits per heavy atom. The molecule has 2 saturated heterocycles. The van der Waals surface area contributed by atoms with Crippen molar-refractivity contribution in [2.45, 2.75) is 49.8 Å². The van der Waals surface area contributed by atoms with Crippen molar-refractivity contribution in [2.24, 2.45) is 0 Å². The minimum absolute atomic E-state index is 0.478. The van der Waals surface area contributed by atoms with E-state index in [1.54, 1.807) is 0 Å². The third-order valence-electron chi connectivity index (χ3n) is 5.27. The Hall–Kier alpha value is -1.64. The van der Waals surface area contributed by atoms with Crippen LogP contribution in [0, 0.1) is 0 Å². The normalized spacial score (nSPS) is 31.0. The van der Waals surface area contributed by atoms with Crippen LogP contribution in [0.15, 0.2) is 54.6 Å². The van der Waals surface area contributed by atoms with Gasteiger partial charge in [0.15, 0.2) is 0 Å². The highest BCUT2D eigenvalue weighted by Crippen LogP contribution is 2.40. The van der Waals surface area contributed by atoms with E-state index in [2.05, 4.69) is 53.8 Å². The topological polar surface area (TPSA) is 32.3 Å². The Morgan fingerprint density at radius 2 is 1.41 bits per heavy atom. The van der Waals surface area contributed by atoms with Crippen molar-refractivity contribution >= 4 is 0 Å². The minimum atomic E-state index is -0.657. The first-order valence-electron chi connectivity index (χ1n) is 8.37. The Morgan fingerprint density at radius 1 is 0.818 bits per heavy atom. The molecule has 2 unspecified atom stereocenters. The SMILES string of the molecule is OC1(c2ccc(-c3ccccc3)cc2)CC2CCCC(C1)N2. The van der Waals surface area contributed by atoms with E-state index in [1.165, 1.54) is 30.4 Å². The molecule has 0 saturated carbocycles. The number of benzene rings is 2. The zero-order valence-electron chi connectivity index (χ0n) is 12.8. The van der Waals surface area contributed by atoms with E-state index in [0.717, 1.165) is 18.4 Å². The van der Waals surface area contributed by atoms with Crippen molar-refractivity contribution in [3.8, 4) is 11.1 Å². The van der Waals surface area contributed by atoms with Crippen molar-refractivity contribution in [1.82, 2.24) is 5.32 Å². The van der Waals surface area contributed by atoms with Crippen molar-refractivity contribution < 1.29 is 5.11 Å². The van der Waals surface area contributed by atoms with E-state index >= 15 is 0 Å². The van der Waals surface area contributed by atoms with Gasteiger partial charge in [-0.15, -0.1) is 0 Å². The molecule has 0 aromatic heterocycles. The summed E-state index contributed by atoms with van der Waals surface area (Å²) in [6.45, 7) is 0. The van der Waals surface area contributed by atoms with Crippen molar-refractivity contribution in [1.29, 1.82) is 0 Å². The second-order valence-electron chi connectivity index (χ2n) is 6.87. The second-order valence-corrected chi connectivity index (χ2v) is 6.87. The van der Waals surface area contributed by atoms with Gasteiger partial charge in [0.05, 0.1) is 5.60 Å². The molecule has 2 fully saturated rings. The lowest BCUT2D eigenvalue weighted by Gasteiger charge is -2.45. The maximum Gasteiger partial charge on any atom is 0.0926 e. The Kier molecular flexibility index (Phi) is 3.51. The Balaban J connectivity index is 1.60. The first-order valence-corrected chi connectivity index (χ1v) is 8.37. The van der Waals surface area contributed by atoms with Gasteiger partial charge in [0.2, 0.25) is 0 Å². The smallest absolute Gasteiger partial charge is 0.0926 e. The zero-order valence-corrected chi connectivity index (χ0v) is 12.8. The zero-order chi connectivity index (χ0) is 15.0. The molecule has 22 heavy (non-hydrogen) atoms. The molecule has 0 spiro atoms. The molecule has 0 amide bonds. The van der Waals surface area contributed by atoms with Crippen molar-refractivity contribution in [2.75, 3.05) is 0 Å². The average molecular weight is 293 g/mol. The van der Waals surface area contributed by atoms with Gasteiger partial charge in [0, 0.05) is 12.1 Å². The fourth-order valence-corrected chi connectivity index (χ4v) is 4.17. The molecule has 2 aromatic rings. The summed E-state index contributed by atoms with van der Waals surface area (Å²) in [6, 6.07) is 19.9. The average Bonchev–Trinajstić information content (AvgIpc) is 2.55. The van der Waals surface area contributed by atoms with Crippen LogP contribution in [0.5, 0.6) is 0 Å². The maximum absolute atomic E-state index is 11.2. The number of hydrogen-bond acceptors (Lipinski definition) is 2. The third-order valence-corrected chi connectivity index (χ3v) is 5.27. The van der Waals surface area contributed by atoms with Crippen LogP contribution in [-0.2, 0) is 5.60 Å². The molecular weight excluding hydrogens is 270 g/mol. The first-order chi connectivity index (χ1) is 10.7. The predicted molar refractivity (Wildman–Crippen MR) is 89.6 cm³/mol. The summed E-state index contributed by atoms with van der Waals surface area (Å²) < 4.78 is 0. The van der Waals surface area contributed by atoms with Crippen molar-refractivity contribution in [3.05, 3.63) is 60.2 Å².